The van der Waals surface area contributed by atoms with E-state index in [-0.39, 0.29) is 18.2 Å². The molecular formula is C18H28O3. The number of unbranched alkanes of at least 4 members (excludes halogenated alkanes) is 1. The largest absolute Gasteiger partial charge is 0.455 e. The number of ether oxygens (including phenoxy) is 1. The van der Waals surface area contributed by atoms with Crippen LogP contribution in [0.25, 0.3) is 0 Å². The number of hydrogen-bond donors (Lipinski definition) is 1. The maximum absolute atomic E-state index is 12.2. The van der Waals surface area contributed by atoms with Crippen molar-refractivity contribution in [2.24, 2.45) is 23.7 Å². The molecule has 4 fully saturated rings. The van der Waals surface area contributed by atoms with Crippen molar-refractivity contribution in [1.82, 2.24) is 0 Å². The van der Waals surface area contributed by atoms with E-state index in [1.54, 1.807) is 6.92 Å². The van der Waals surface area contributed by atoms with Crippen LogP contribution in [0.2, 0.25) is 0 Å². The molecule has 0 saturated heterocycles. The van der Waals surface area contributed by atoms with E-state index in [2.05, 4.69) is 6.58 Å². The SMILES string of the molecule is C=C(C)C(=O)OC1(CCCCO)C2CC3CC(C2)CC1C3. The third-order valence-electron chi connectivity index (χ3n) is 6.13. The Kier molecular flexibility index (Phi) is 4.13. The van der Waals surface area contributed by atoms with Crippen LogP contribution in [0.4, 0.5) is 0 Å². The van der Waals surface area contributed by atoms with E-state index >= 15 is 0 Å². The fourth-order valence-electron chi connectivity index (χ4n) is 5.38. The maximum Gasteiger partial charge on any atom is 0.333 e. The molecule has 4 aliphatic rings. The van der Waals surface area contributed by atoms with E-state index in [9.17, 15) is 4.79 Å². The van der Waals surface area contributed by atoms with Crippen LogP contribution in [0, 0.1) is 23.7 Å². The summed E-state index contributed by atoms with van der Waals surface area (Å²) in [7, 11) is 0. The molecule has 4 saturated carbocycles. The predicted molar refractivity (Wildman–Crippen MR) is 81.6 cm³/mol. The van der Waals surface area contributed by atoms with Gasteiger partial charge in [0.05, 0.1) is 0 Å². The van der Waals surface area contributed by atoms with E-state index in [1.807, 2.05) is 0 Å². The summed E-state index contributed by atoms with van der Waals surface area (Å²) in [5.41, 5.74) is 0.240. The minimum absolute atomic E-state index is 0.216. The summed E-state index contributed by atoms with van der Waals surface area (Å²) in [4.78, 5) is 12.2. The summed E-state index contributed by atoms with van der Waals surface area (Å²) < 4.78 is 6.10. The summed E-state index contributed by atoms with van der Waals surface area (Å²) in [5.74, 6) is 2.59. The number of hydrogen-bond acceptors (Lipinski definition) is 3. The summed E-state index contributed by atoms with van der Waals surface area (Å²) >= 11 is 0. The highest BCUT2D eigenvalue weighted by molar-refractivity contribution is 5.87. The Morgan fingerprint density at radius 3 is 2.19 bits per heavy atom. The van der Waals surface area contributed by atoms with Gasteiger partial charge in [-0.05, 0) is 82.0 Å². The highest BCUT2D eigenvalue weighted by Gasteiger charge is 2.59. The average molecular weight is 292 g/mol. The molecule has 0 unspecified atom stereocenters. The Labute approximate surface area is 127 Å². The fraction of sp³-hybridized carbons (Fsp3) is 0.833. The molecule has 0 aliphatic heterocycles. The van der Waals surface area contributed by atoms with Gasteiger partial charge in [-0.1, -0.05) is 6.58 Å². The first-order valence-electron chi connectivity index (χ1n) is 8.55. The van der Waals surface area contributed by atoms with Gasteiger partial charge >= 0.3 is 5.97 Å². The topological polar surface area (TPSA) is 46.5 Å². The molecule has 0 spiro atoms. The first-order chi connectivity index (χ1) is 10.0. The molecule has 1 N–H and O–H groups in total. The second-order valence-electron chi connectivity index (χ2n) is 7.61. The second-order valence-corrected chi connectivity index (χ2v) is 7.61. The number of aliphatic hydroxyl groups is 1. The third kappa shape index (κ3) is 2.65. The predicted octanol–water partition coefficient (Wildman–Crippen LogP) is 3.46. The molecule has 0 aromatic heterocycles. The lowest BCUT2D eigenvalue weighted by Crippen LogP contribution is -2.59. The number of carbonyl (C=O) groups excluding carboxylic acids is 1. The molecule has 0 aromatic carbocycles. The third-order valence-corrected chi connectivity index (χ3v) is 6.13. The van der Waals surface area contributed by atoms with Gasteiger partial charge in [-0.3, -0.25) is 0 Å². The van der Waals surface area contributed by atoms with Crippen molar-refractivity contribution in [3.05, 3.63) is 12.2 Å². The maximum atomic E-state index is 12.2. The fourth-order valence-corrected chi connectivity index (χ4v) is 5.38. The van der Waals surface area contributed by atoms with Gasteiger partial charge in [0.2, 0.25) is 0 Å². The number of esters is 1. The quantitative estimate of drug-likeness (QED) is 0.463. The van der Waals surface area contributed by atoms with Crippen molar-refractivity contribution in [3.63, 3.8) is 0 Å². The van der Waals surface area contributed by atoms with E-state index in [1.165, 1.54) is 32.1 Å². The van der Waals surface area contributed by atoms with Crippen LogP contribution in [-0.2, 0) is 9.53 Å². The van der Waals surface area contributed by atoms with Crippen LogP contribution in [0.5, 0.6) is 0 Å². The Hall–Kier alpha value is -0.830. The molecule has 3 nitrogen and oxygen atoms in total. The molecule has 118 valence electrons. The highest BCUT2D eigenvalue weighted by Crippen LogP contribution is 2.61. The zero-order valence-corrected chi connectivity index (χ0v) is 13.1. The molecular weight excluding hydrogens is 264 g/mol. The first-order valence-corrected chi connectivity index (χ1v) is 8.55. The smallest absolute Gasteiger partial charge is 0.333 e. The van der Waals surface area contributed by atoms with Crippen LogP contribution in [-0.4, -0.2) is 23.3 Å². The molecule has 4 aliphatic carbocycles. The molecule has 21 heavy (non-hydrogen) atoms. The van der Waals surface area contributed by atoms with Crippen molar-refractivity contribution < 1.29 is 14.6 Å². The summed E-state index contributed by atoms with van der Waals surface area (Å²) in [5, 5.41) is 9.08. The molecule has 0 aromatic rings. The van der Waals surface area contributed by atoms with E-state index in [0.29, 0.717) is 17.4 Å². The Morgan fingerprint density at radius 1 is 1.14 bits per heavy atom. The van der Waals surface area contributed by atoms with Gasteiger partial charge in [-0.15, -0.1) is 0 Å². The minimum atomic E-state index is -0.265. The lowest BCUT2D eigenvalue weighted by molar-refractivity contribution is -0.209. The zero-order chi connectivity index (χ0) is 15.0. The summed E-state index contributed by atoms with van der Waals surface area (Å²) in [6, 6.07) is 0. The molecule has 4 bridgehead atoms. The van der Waals surface area contributed by atoms with Crippen LogP contribution < -0.4 is 0 Å². The van der Waals surface area contributed by atoms with E-state index in [0.717, 1.165) is 31.1 Å². The van der Waals surface area contributed by atoms with Crippen LogP contribution >= 0.6 is 0 Å². The standard InChI is InChI=1S/C18H28O3/c1-12(2)17(20)21-18(5-3-4-6-19)15-8-13-7-14(10-15)11-16(18)9-13/h13-16,19H,1,3-11H2,2H3. The lowest BCUT2D eigenvalue weighted by Gasteiger charge is -2.60. The normalized spacial score (nSPS) is 40.3. The van der Waals surface area contributed by atoms with Crippen LogP contribution in [0.1, 0.15) is 58.3 Å². The van der Waals surface area contributed by atoms with Crippen molar-refractivity contribution in [3.8, 4) is 0 Å². The summed E-state index contributed by atoms with van der Waals surface area (Å²) in [6.45, 7) is 5.71. The lowest BCUT2D eigenvalue weighted by atomic mass is 9.49. The molecule has 0 radical (unpaired) electrons. The second kappa shape index (κ2) is 5.75. The van der Waals surface area contributed by atoms with Gasteiger partial charge in [0.1, 0.15) is 5.60 Å². The van der Waals surface area contributed by atoms with Gasteiger partial charge in [0.15, 0.2) is 0 Å². The number of carbonyl (C=O) groups is 1. The van der Waals surface area contributed by atoms with Crippen molar-refractivity contribution in [2.75, 3.05) is 6.61 Å². The average Bonchev–Trinajstić information content (AvgIpc) is 2.43. The van der Waals surface area contributed by atoms with Crippen LogP contribution in [0.15, 0.2) is 12.2 Å². The first kappa shape index (κ1) is 15.1. The Morgan fingerprint density at radius 2 is 1.71 bits per heavy atom. The van der Waals surface area contributed by atoms with Gasteiger partial charge in [0, 0.05) is 12.2 Å². The van der Waals surface area contributed by atoms with Crippen molar-refractivity contribution in [2.45, 2.75) is 63.9 Å². The summed E-state index contributed by atoms with van der Waals surface area (Å²) in [6.07, 6.45) is 8.99. The monoisotopic (exact) mass is 292 g/mol. The highest BCUT2D eigenvalue weighted by atomic mass is 16.6. The number of rotatable bonds is 6. The Balaban J connectivity index is 1.81. The van der Waals surface area contributed by atoms with Gasteiger partial charge < -0.3 is 9.84 Å². The molecule has 4 rings (SSSR count). The molecule has 3 heteroatoms. The number of aliphatic hydroxyl groups excluding tert-OH is 1. The van der Waals surface area contributed by atoms with Crippen molar-refractivity contribution in [1.29, 1.82) is 0 Å². The van der Waals surface area contributed by atoms with E-state index < -0.39 is 0 Å². The van der Waals surface area contributed by atoms with Crippen molar-refractivity contribution >= 4 is 5.97 Å². The molecule has 0 atom stereocenters. The zero-order valence-electron chi connectivity index (χ0n) is 13.1. The van der Waals surface area contributed by atoms with Gasteiger partial charge in [-0.25, -0.2) is 4.79 Å². The molecule has 0 heterocycles. The van der Waals surface area contributed by atoms with E-state index in [4.69, 9.17) is 9.84 Å². The Bertz CT molecular complexity index is 398. The van der Waals surface area contributed by atoms with Gasteiger partial charge in [-0.2, -0.15) is 0 Å². The van der Waals surface area contributed by atoms with Crippen LogP contribution in [0.3, 0.4) is 0 Å². The molecule has 0 amide bonds. The minimum Gasteiger partial charge on any atom is -0.455 e. The van der Waals surface area contributed by atoms with Gasteiger partial charge in [0.25, 0.3) is 0 Å².